The second kappa shape index (κ2) is 11.2. The summed E-state index contributed by atoms with van der Waals surface area (Å²) in [4.78, 5) is 11.8. The highest BCUT2D eigenvalue weighted by Crippen LogP contribution is 2.19. The van der Waals surface area contributed by atoms with Gasteiger partial charge in [0.15, 0.2) is 5.11 Å². The van der Waals surface area contributed by atoms with Gasteiger partial charge in [-0.1, -0.05) is 24.3 Å². The van der Waals surface area contributed by atoms with Gasteiger partial charge >= 0.3 is 5.97 Å². The van der Waals surface area contributed by atoms with Crippen molar-refractivity contribution in [3.8, 4) is 5.75 Å². The lowest BCUT2D eigenvalue weighted by Gasteiger charge is -2.12. The minimum atomic E-state index is -0.340. The van der Waals surface area contributed by atoms with Crippen molar-refractivity contribution in [2.45, 2.75) is 26.7 Å². The molecule has 0 amide bonds. The monoisotopic (exact) mass is 386 g/mol. The standard InChI is InChI=1S/C21H26N2O3S/c1-3-25-19-13-6-5-9-16(19)11-8-14-22-21(27)23-18-12-7-10-17(15-18)20(24)26-4-2/h5-7,9-10,12-13,15H,3-4,8,11,14H2,1-2H3,(H2,22,23,27). The van der Waals surface area contributed by atoms with Crippen molar-refractivity contribution in [3.63, 3.8) is 0 Å². The maximum atomic E-state index is 11.8. The molecule has 0 atom stereocenters. The van der Waals surface area contributed by atoms with Crippen LogP contribution in [-0.2, 0) is 11.2 Å². The van der Waals surface area contributed by atoms with Crippen molar-refractivity contribution in [1.82, 2.24) is 5.32 Å². The van der Waals surface area contributed by atoms with Crippen molar-refractivity contribution < 1.29 is 14.3 Å². The fraction of sp³-hybridized carbons (Fsp3) is 0.333. The second-order valence-corrected chi connectivity index (χ2v) is 6.23. The molecule has 2 aromatic carbocycles. The van der Waals surface area contributed by atoms with Crippen LogP contribution < -0.4 is 15.4 Å². The SMILES string of the molecule is CCOC(=O)c1cccc(NC(=S)NCCCc2ccccc2OCC)c1. The summed E-state index contributed by atoms with van der Waals surface area (Å²) in [7, 11) is 0. The van der Waals surface area contributed by atoms with E-state index in [1.165, 1.54) is 5.56 Å². The summed E-state index contributed by atoms with van der Waals surface area (Å²) >= 11 is 5.33. The predicted octanol–water partition coefficient (Wildman–Crippen LogP) is 4.18. The molecule has 0 radical (unpaired) electrons. The second-order valence-electron chi connectivity index (χ2n) is 5.83. The highest BCUT2D eigenvalue weighted by Gasteiger charge is 2.07. The summed E-state index contributed by atoms with van der Waals surface area (Å²) in [6.45, 7) is 5.52. The molecule has 0 saturated carbocycles. The minimum Gasteiger partial charge on any atom is -0.494 e. The molecule has 0 fully saturated rings. The van der Waals surface area contributed by atoms with Crippen molar-refractivity contribution in [2.75, 3.05) is 25.1 Å². The smallest absolute Gasteiger partial charge is 0.338 e. The zero-order valence-corrected chi connectivity index (χ0v) is 16.6. The zero-order chi connectivity index (χ0) is 19.5. The Morgan fingerprint density at radius 2 is 1.89 bits per heavy atom. The number of aryl methyl sites for hydroxylation is 1. The third-order valence-corrected chi connectivity index (χ3v) is 4.06. The van der Waals surface area contributed by atoms with E-state index in [2.05, 4.69) is 16.7 Å². The summed E-state index contributed by atoms with van der Waals surface area (Å²) in [6.07, 6.45) is 1.83. The van der Waals surface area contributed by atoms with Crippen LogP contribution in [0.5, 0.6) is 5.75 Å². The Kier molecular flexibility index (Phi) is 8.58. The molecule has 5 nitrogen and oxygen atoms in total. The molecule has 0 spiro atoms. The van der Waals surface area contributed by atoms with Crippen molar-refractivity contribution >= 4 is 29.0 Å². The number of carbonyl (C=O) groups is 1. The number of para-hydroxylation sites is 1. The van der Waals surface area contributed by atoms with E-state index in [4.69, 9.17) is 21.7 Å². The normalized spacial score (nSPS) is 10.1. The first kappa shape index (κ1) is 20.7. The van der Waals surface area contributed by atoms with Crippen LogP contribution in [-0.4, -0.2) is 30.8 Å². The Balaban J connectivity index is 1.78. The van der Waals surface area contributed by atoms with Gasteiger partial charge in [0.05, 0.1) is 18.8 Å². The Bertz CT molecular complexity index is 765. The number of hydrogen-bond acceptors (Lipinski definition) is 4. The van der Waals surface area contributed by atoms with Gasteiger partial charge in [-0.25, -0.2) is 4.79 Å². The molecule has 0 aliphatic carbocycles. The summed E-state index contributed by atoms with van der Waals surface area (Å²) in [5.74, 6) is 0.601. The van der Waals surface area contributed by atoms with Crippen LogP contribution in [0.4, 0.5) is 5.69 Å². The van der Waals surface area contributed by atoms with Gasteiger partial charge in [0.25, 0.3) is 0 Å². The largest absolute Gasteiger partial charge is 0.494 e. The van der Waals surface area contributed by atoms with Crippen LogP contribution in [0.15, 0.2) is 48.5 Å². The van der Waals surface area contributed by atoms with Gasteiger partial charge in [0.1, 0.15) is 5.75 Å². The first-order chi connectivity index (χ1) is 13.1. The van der Waals surface area contributed by atoms with Crippen molar-refractivity contribution in [2.24, 2.45) is 0 Å². The van der Waals surface area contributed by atoms with Crippen LogP contribution in [0.2, 0.25) is 0 Å². The molecule has 144 valence electrons. The van der Waals surface area contributed by atoms with E-state index in [9.17, 15) is 4.79 Å². The number of carbonyl (C=O) groups excluding carboxylic acids is 1. The molecule has 0 saturated heterocycles. The van der Waals surface area contributed by atoms with Crippen molar-refractivity contribution in [1.29, 1.82) is 0 Å². The average molecular weight is 387 g/mol. The van der Waals surface area contributed by atoms with Gasteiger partial charge < -0.3 is 20.1 Å². The van der Waals surface area contributed by atoms with E-state index in [0.29, 0.717) is 23.9 Å². The van der Waals surface area contributed by atoms with Gasteiger partial charge in [-0.3, -0.25) is 0 Å². The molecule has 0 aliphatic rings. The van der Waals surface area contributed by atoms with E-state index >= 15 is 0 Å². The molecule has 0 bridgehead atoms. The molecular formula is C21H26N2O3S. The summed E-state index contributed by atoms with van der Waals surface area (Å²) in [5, 5.41) is 6.81. The highest BCUT2D eigenvalue weighted by molar-refractivity contribution is 7.80. The molecular weight excluding hydrogens is 360 g/mol. The minimum absolute atomic E-state index is 0.340. The lowest BCUT2D eigenvalue weighted by molar-refractivity contribution is 0.0526. The molecule has 2 N–H and O–H groups in total. The summed E-state index contributed by atoms with van der Waals surface area (Å²) in [6, 6.07) is 15.2. The Morgan fingerprint density at radius 3 is 2.67 bits per heavy atom. The van der Waals surface area contributed by atoms with Crippen LogP contribution in [0.1, 0.15) is 36.2 Å². The van der Waals surface area contributed by atoms with Crippen LogP contribution >= 0.6 is 12.2 Å². The first-order valence-electron chi connectivity index (χ1n) is 9.16. The number of hydrogen-bond donors (Lipinski definition) is 2. The predicted molar refractivity (Wildman–Crippen MR) is 113 cm³/mol. The van der Waals surface area contributed by atoms with E-state index in [-0.39, 0.29) is 5.97 Å². The van der Waals surface area contributed by atoms with Crippen LogP contribution in [0, 0.1) is 0 Å². The lowest BCUT2D eigenvalue weighted by atomic mass is 10.1. The Hall–Kier alpha value is -2.60. The van der Waals surface area contributed by atoms with Gasteiger partial charge in [0.2, 0.25) is 0 Å². The van der Waals surface area contributed by atoms with Gasteiger partial charge in [-0.05, 0) is 68.7 Å². The number of ether oxygens (including phenoxy) is 2. The summed E-state index contributed by atoms with van der Waals surface area (Å²) < 4.78 is 10.7. The van der Waals surface area contributed by atoms with Crippen LogP contribution in [0.3, 0.4) is 0 Å². The molecule has 0 heterocycles. The zero-order valence-electron chi connectivity index (χ0n) is 15.8. The molecule has 27 heavy (non-hydrogen) atoms. The first-order valence-corrected chi connectivity index (χ1v) is 9.57. The maximum Gasteiger partial charge on any atom is 0.338 e. The molecule has 0 aliphatic heterocycles. The maximum absolute atomic E-state index is 11.8. The van der Waals surface area contributed by atoms with Gasteiger partial charge in [-0.2, -0.15) is 0 Å². The van der Waals surface area contributed by atoms with Crippen LogP contribution in [0.25, 0.3) is 0 Å². The van der Waals surface area contributed by atoms with E-state index in [1.54, 1.807) is 25.1 Å². The molecule has 2 aromatic rings. The quantitative estimate of drug-likeness (QED) is 0.383. The fourth-order valence-corrected chi connectivity index (χ4v) is 2.82. The average Bonchev–Trinajstić information content (AvgIpc) is 2.67. The van der Waals surface area contributed by atoms with E-state index in [0.717, 1.165) is 30.8 Å². The Labute approximate surface area is 166 Å². The fourth-order valence-electron chi connectivity index (χ4n) is 2.60. The molecule has 2 rings (SSSR count). The molecule has 0 aromatic heterocycles. The topological polar surface area (TPSA) is 59.6 Å². The number of anilines is 1. The third kappa shape index (κ3) is 6.90. The number of rotatable bonds is 9. The highest BCUT2D eigenvalue weighted by atomic mass is 32.1. The number of nitrogens with one attached hydrogen (secondary N) is 2. The van der Waals surface area contributed by atoms with Gasteiger partial charge in [0, 0.05) is 12.2 Å². The number of thiocarbonyl (C=S) groups is 1. The van der Waals surface area contributed by atoms with E-state index in [1.807, 2.05) is 31.2 Å². The third-order valence-electron chi connectivity index (χ3n) is 3.81. The molecule has 0 unspecified atom stereocenters. The lowest BCUT2D eigenvalue weighted by Crippen LogP contribution is -2.29. The number of benzene rings is 2. The number of esters is 1. The van der Waals surface area contributed by atoms with Crippen molar-refractivity contribution in [3.05, 3.63) is 59.7 Å². The van der Waals surface area contributed by atoms with E-state index < -0.39 is 0 Å². The molecule has 6 heteroatoms. The summed E-state index contributed by atoms with van der Waals surface area (Å²) in [5.41, 5.74) is 2.44. The van der Waals surface area contributed by atoms with Gasteiger partial charge in [-0.15, -0.1) is 0 Å². The Morgan fingerprint density at radius 1 is 1.07 bits per heavy atom.